The number of piperazine rings is 1. The van der Waals surface area contributed by atoms with E-state index in [1.165, 1.54) is 17.5 Å². The monoisotopic (exact) mass is 489 g/mol. The van der Waals surface area contributed by atoms with Crippen LogP contribution < -0.4 is 4.90 Å². The lowest BCUT2D eigenvalue weighted by Gasteiger charge is -2.35. The zero-order chi connectivity index (χ0) is 23.9. The molecule has 0 atom stereocenters. The maximum absolute atomic E-state index is 13.1. The van der Waals surface area contributed by atoms with Crippen molar-refractivity contribution < 1.29 is 22.5 Å². The Morgan fingerprint density at radius 3 is 2.44 bits per heavy atom. The van der Waals surface area contributed by atoms with E-state index in [0.717, 1.165) is 5.13 Å². The summed E-state index contributed by atoms with van der Waals surface area (Å²) in [5, 5.41) is 4.12. The Morgan fingerprint density at radius 1 is 1.09 bits per heavy atom. The first-order valence-electron chi connectivity index (χ1n) is 10.3. The predicted octanol–water partition coefficient (Wildman–Crippen LogP) is 3.67. The third-order valence-corrected chi connectivity index (χ3v) is 6.53. The quantitative estimate of drug-likeness (QED) is 0.432. The Bertz CT molecular complexity index is 1290. The number of rotatable bonds is 4. The number of carbonyl (C=O) groups is 1. The summed E-state index contributed by atoms with van der Waals surface area (Å²) in [6, 6.07) is 7.08. The van der Waals surface area contributed by atoms with Crippen LogP contribution in [-0.4, -0.2) is 61.7 Å². The van der Waals surface area contributed by atoms with Crippen molar-refractivity contribution in [2.24, 2.45) is 0 Å². The molecule has 0 N–H and O–H groups in total. The van der Waals surface area contributed by atoms with Crippen LogP contribution in [0.4, 0.5) is 19.0 Å². The summed E-state index contributed by atoms with van der Waals surface area (Å²) < 4.78 is 44.1. The van der Waals surface area contributed by atoms with Crippen molar-refractivity contribution >= 4 is 23.1 Å². The fraction of sp³-hybridized carbons (Fsp3) is 0.286. The van der Waals surface area contributed by atoms with Crippen molar-refractivity contribution in [3.63, 3.8) is 0 Å². The maximum Gasteiger partial charge on any atom is 0.471 e. The van der Waals surface area contributed by atoms with Crippen LogP contribution >= 0.6 is 11.3 Å². The number of pyridine rings is 1. The van der Waals surface area contributed by atoms with Gasteiger partial charge in [-0.3, -0.25) is 4.79 Å². The van der Waals surface area contributed by atoms with E-state index in [4.69, 9.17) is 0 Å². The Hall–Kier alpha value is -3.74. The summed E-state index contributed by atoms with van der Waals surface area (Å²) >= 11 is 1.36. The van der Waals surface area contributed by atoms with Crippen molar-refractivity contribution in [2.75, 3.05) is 31.1 Å². The molecular weight excluding hydrogens is 471 g/mol. The molecule has 1 aliphatic heterocycles. The largest absolute Gasteiger partial charge is 0.471 e. The zero-order valence-electron chi connectivity index (χ0n) is 17.9. The molecule has 0 aliphatic carbocycles. The summed E-state index contributed by atoms with van der Waals surface area (Å²) in [6.45, 7) is 4.00. The highest BCUT2D eigenvalue weighted by Gasteiger charge is 2.38. The van der Waals surface area contributed by atoms with Crippen LogP contribution in [0.5, 0.6) is 0 Å². The lowest BCUT2D eigenvalue weighted by Crippen LogP contribution is -2.49. The zero-order valence-corrected chi connectivity index (χ0v) is 18.7. The topological polar surface area (TPSA) is 93.2 Å². The highest BCUT2D eigenvalue weighted by atomic mass is 32.1. The van der Waals surface area contributed by atoms with Gasteiger partial charge in [0.05, 0.1) is 5.69 Å². The van der Waals surface area contributed by atoms with Crippen LogP contribution in [0, 0.1) is 6.92 Å². The molecule has 13 heteroatoms. The average Bonchev–Trinajstić information content (AvgIpc) is 3.59. The highest BCUT2D eigenvalue weighted by molar-refractivity contribution is 7.16. The second-order valence-electron chi connectivity index (χ2n) is 7.61. The van der Waals surface area contributed by atoms with E-state index in [0.29, 0.717) is 48.1 Å². The number of aryl methyl sites for hydroxylation is 1. The molecule has 1 amide bonds. The van der Waals surface area contributed by atoms with Crippen molar-refractivity contribution in [3.05, 3.63) is 59.3 Å². The van der Waals surface area contributed by atoms with Gasteiger partial charge in [-0.05, 0) is 31.2 Å². The average molecular weight is 489 g/mol. The number of nitrogens with zero attached hydrogens (tertiary/aromatic N) is 7. The van der Waals surface area contributed by atoms with Gasteiger partial charge in [0.25, 0.3) is 5.91 Å². The normalized spacial score (nSPS) is 14.6. The summed E-state index contributed by atoms with van der Waals surface area (Å²) in [7, 11) is 0. The summed E-state index contributed by atoms with van der Waals surface area (Å²) in [4.78, 5) is 29.7. The van der Waals surface area contributed by atoms with E-state index < -0.39 is 12.1 Å². The lowest BCUT2D eigenvalue weighted by atomic mass is 10.2. The van der Waals surface area contributed by atoms with E-state index in [2.05, 4.69) is 24.6 Å². The molecule has 0 saturated carbocycles. The van der Waals surface area contributed by atoms with Gasteiger partial charge in [0.15, 0.2) is 5.13 Å². The molecule has 5 heterocycles. The Balaban J connectivity index is 1.22. The van der Waals surface area contributed by atoms with Crippen LogP contribution in [-0.2, 0) is 6.18 Å². The van der Waals surface area contributed by atoms with E-state index in [-0.39, 0.29) is 11.7 Å². The first-order chi connectivity index (χ1) is 16.3. The van der Waals surface area contributed by atoms with Gasteiger partial charge in [-0.15, -0.1) is 0 Å². The van der Waals surface area contributed by atoms with Crippen molar-refractivity contribution in [3.8, 4) is 16.5 Å². The molecular formula is C21H18F3N7O2S. The Kier molecular flexibility index (Phi) is 5.55. The first kappa shape index (κ1) is 22.1. The number of alkyl halides is 3. The fourth-order valence-electron chi connectivity index (χ4n) is 3.60. The molecule has 9 nitrogen and oxygen atoms in total. The van der Waals surface area contributed by atoms with E-state index >= 15 is 0 Å². The van der Waals surface area contributed by atoms with Crippen LogP contribution in [0.1, 0.15) is 21.3 Å². The molecule has 5 rings (SSSR count). The molecule has 34 heavy (non-hydrogen) atoms. The third kappa shape index (κ3) is 4.25. The van der Waals surface area contributed by atoms with Gasteiger partial charge in [0.2, 0.25) is 5.82 Å². The van der Waals surface area contributed by atoms with Crippen molar-refractivity contribution in [2.45, 2.75) is 13.1 Å². The SMILES string of the molecule is Cc1nc(-n2cccc2)sc1C(=O)N1CCN(c2ccc(-c3noc(C(F)(F)F)n3)cn2)CC1. The summed E-state index contributed by atoms with van der Waals surface area (Å²) in [5.74, 6) is -0.974. The highest BCUT2D eigenvalue weighted by Crippen LogP contribution is 2.30. The van der Waals surface area contributed by atoms with E-state index in [1.54, 1.807) is 17.0 Å². The number of anilines is 1. The molecule has 0 unspecified atom stereocenters. The molecule has 4 aromatic rings. The van der Waals surface area contributed by atoms with Gasteiger partial charge < -0.3 is 18.9 Å². The Morgan fingerprint density at radius 2 is 1.82 bits per heavy atom. The fourth-order valence-corrected chi connectivity index (χ4v) is 4.60. The van der Waals surface area contributed by atoms with E-state index in [9.17, 15) is 18.0 Å². The molecule has 0 radical (unpaired) electrons. The van der Waals surface area contributed by atoms with Gasteiger partial charge in [-0.1, -0.05) is 16.5 Å². The molecule has 0 bridgehead atoms. The smallest absolute Gasteiger partial charge is 0.353 e. The number of aromatic nitrogens is 5. The third-order valence-electron chi connectivity index (χ3n) is 5.37. The van der Waals surface area contributed by atoms with E-state index in [1.807, 2.05) is 40.9 Å². The number of halogens is 3. The minimum Gasteiger partial charge on any atom is -0.353 e. The van der Waals surface area contributed by atoms with Crippen molar-refractivity contribution in [1.82, 2.24) is 29.6 Å². The second kappa shape index (κ2) is 8.56. The van der Waals surface area contributed by atoms with Crippen LogP contribution in [0.25, 0.3) is 16.5 Å². The first-order valence-corrected chi connectivity index (χ1v) is 11.1. The number of thiazole rings is 1. The number of carbonyl (C=O) groups excluding carboxylic acids is 1. The molecule has 0 aromatic carbocycles. The van der Waals surface area contributed by atoms with Gasteiger partial charge in [0, 0.05) is 50.3 Å². The number of amides is 1. The minimum atomic E-state index is -4.70. The lowest BCUT2D eigenvalue weighted by molar-refractivity contribution is -0.159. The van der Waals surface area contributed by atoms with Crippen molar-refractivity contribution in [1.29, 1.82) is 0 Å². The van der Waals surface area contributed by atoms with Gasteiger partial charge >= 0.3 is 12.1 Å². The van der Waals surface area contributed by atoms with Gasteiger partial charge in [-0.25, -0.2) is 9.97 Å². The number of hydrogen-bond donors (Lipinski definition) is 0. The van der Waals surface area contributed by atoms with Crippen LogP contribution in [0.2, 0.25) is 0 Å². The van der Waals surface area contributed by atoms with Crippen LogP contribution in [0.15, 0.2) is 47.4 Å². The predicted molar refractivity (Wildman–Crippen MR) is 117 cm³/mol. The molecule has 4 aromatic heterocycles. The maximum atomic E-state index is 13.1. The minimum absolute atomic E-state index is 0.0473. The van der Waals surface area contributed by atoms with Gasteiger partial charge in [-0.2, -0.15) is 18.2 Å². The summed E-state index contributed by atoms with van der Waals surface area (Å²) in [5.41, 5.74) is 1.02. The van der Waals surface area contributed by atoms with Crippen LogP contribution in [0.3, 0.4) is 0 Å². The second-order valence-corrected chi connectivity index (χ2v) is 8.58. The standard InChI is InChI=1S/C21H18F3N7O2S/c1-13-16(34-20(26-13)31-6-2-3-7-31)18(32)30-10-8-29(9-11-30)15-5-4-14(12-25-15)17-27-19(33-28-17)21(22,23)24/h2-7,12H,8-11H2,1H3. The molecule has 1 fully saturated rings. The van der Waals surface area contributed by atoms with Gasteiger partial charge in [0.1, 0.15) is 10.7 Å². The summed E-state index contributed by atoms with van der Waals surface area (Å²) in [6.07, 6.45) is 0.480. The molecule has 176 valence electrons. The molecule has 0 spiro atoms. The molecule has 1 saturated heterocycles. The number of hydrogen-bond acceptors (Lipinski definition) is 8. The molecule has 1 aliphatic rings. The Labute approximate surface area is 195 Å².